The standard InChI is InChI=1S/C12H14F2N2O3S/c13-12(14)19-9-3-1-8(2-4-9)16-11(18)5-6-20-7-10(15)17/h1-4,12H,5-7H2,(H2,15,17)(H,16,18). The molecule has 5 nitrogen and oxygen atoms in total. The second-order valence-corrected chi connectivity index (χ2v) is 4.83. The second kappa shape index (κ2) is 8.36. The summed E-state index contributed by atoms with van der Waals surface area (Å²) in [6.45, 7) is -2.88. The molecule has 0 aromatic heterocycles. The molecule has 20 heavy (non-hydrogen) atoms. The Morgan fingerprint density at radius 1 is 1.30 bits per heavy atom. The minimum absolute atomic E-state index is 0.0232. The number of thioether (sulfide) groups is 1. The van der Waals surface area contributed by atoms with Crippen molar-refractivity contribution in [3.63, 3.8) is 0 Å². The van der Waals surface area contributed by atoms with Crippen LogP contribution in [0.5, 0.6) is 5.75 Å². The maximum absolute atomic E-state index is 11.9. The number of primary amides is 1. The van der Waals surface area contributed by atoms with Gasteiger partial charge in [0.05, 0.1) is 5.75 Å². The predicted molar refractivity (Wildman–Crippen MR) is 72.8 cm³/mol. The van der Waals surface area contributed by atoms with Crippen molar-refractivity contribution in [2.45, 2.75) is 13.0 Å². The van der Waals surface area contributed by atoms with Crippen molar-refractivity contribution in [3.05, 3.63) is 24.3 Å². The number of nitrogens with one attached hydrogen (secondary N) is 1. The molecule has 0 aliphatic heterocycles. The summed E-state index contributed by atoms with van der Waals surface area (Å²) in [6.07, 6.45) is 0.229. The lowest BCUT2D eigenvalue weighted by molar-refractivity contribution is -0.116. The molecular formula is C12H14F2N2O3S. The number of benzene rings is 1. The number of nitrogens with two attached hydrogens (primary N) is 1. The van der Waals surface area contributed by atoms with Gasteiger partial charge in [0.25, 0.3) is 0 Å². The van der Waals surface area contributed by atoms with Crippen LogP contribution in [0.25, 0.3) is 0 Å². The van der Waals surface area contributed by atoms with E-state index in [1.54, 1.807) is 0 Å². The van der Waals surface area contributed by atoms with Crippen LogP contribution in [-0.4, -0.2) is 29.9 Å². The molecule has 0 radical (unpaired) electrons. The number of carbonyl (C=O) groups is 2. The van der Waals surface area contributed by atoms with Gasteiger partial charge >= 0.3 is 6.61 Å². The molecule has 0 fully saturated rings. The molecule has 0 bridgehead atoms. The van der Waals surface area contributed by atoms with Crippen LogP contribution in [0, 0.1) is 0 Å². The summed E-state index contributed by atoms with van der Waals surface area (Å²) in [5, 5.41) is 2.60. The second-order valence-electron chi connectivity index (χ2n) is 3.72. The summed E-state index contributed by atoms with van der Waals surface area (Å²) >= 11 is 1.27. The fourth-order valence-electron chi connectivity index (χ4n) is 1.28. The van der Waals surface area contributed by atoms with Crippen molar-refractivity contribution in [1.82, 2.24) is 0 Å². The third-order valence-corrected chi connectivity index (χ3v) is 3.06. The smallest absolute Gasteiger partial charge is 0.387 e. The highest BCUT2D eigenvalue weighted by Gasteiger charge is 2.06. The van der Waals surface area contributed by atoms with Crippen molar-refractivity contribution in [1.29, 1.82) is 0 Å². The number of alkyl halides is 2. The number of hydrogen-bond donors (Lipinski definition) is 2. The SMILES string of the molecule is NC(=O)CSCCC(=O)Nc1ccc(OC(F)F)cc1. The Morgan fingerprint density at radius 3 is 2.50 bits per heavy atom. The lowest BCUT2D eigenvalue weighted by Gasteiger charge is -2.07. The molecule has 8 heteroatoms. The first-order valence-corrected chi connectivity index (χ1v) is 6.83. The Hall–Kier alpha value is -1.83. The Bertz CT molecular complexity index is 455. The topological polar surface area (TPSA) is 81.4 Å². The predicted octanol–water partition coefficient (Wildman–Crippen LogP) is 1.84. The van der Waals surface area contributed by atoms with Gasteiger partial charge in [-0.3, -0.25) is 9.59 Å². The van der Waals surface area contributed by atoms with E-state index in [2.05, 4.69) is 10.1 Å². The maximum atomic E-state index is 11.9. The van der Waals surface area contributed by atoms with E-state index in [1.165, 1.54) is 36.0 Å². The van der Waals surface area contributed by atoms with Gasteiger partial charge in [-0.1, -0.05) is 0 Å². The Morgan fingerprint density at radius 2 is 1.95 bits per heavy atom. The largest absolute Gasteiger partial charge is 0.435 e. The lowest BCUT2D eigenvalue weighted by atomic mass is 10.3. The minimum atomic E-state index is -2.88. The van der Waals surface area contributed by atoms with Gasteiger partial charge < -0.3 is 15.8 Å². The average molecular weight is 304 g/mol. The molecule has 0 heterocycles. The van der Waals surface area contributed by atoms with Crippen LogP contribution in [0.3, 0.4) is 0 Å². The zero-order valence-corrected chi connectivity index (χ0v) is 11.3. The minimum Gasteiger partial charge on any atom is -0.435 e. The summed E-state index contributed by atoms with van der Waals surface area (Å²) in [6, 6.07) is 5.60. The third-order valence-electron chi connectivity index (χ3n) is 2.08. The first-order valence-electron chi connectivity index (χ1n) is 5.68. The van der Waals surface area contributed by atoms with E-state index in [4.69, 9.17) is 5.73 Å². The van der Waals surface area contributed by atoms with Gasteiger partial charge in [0.1, 0.15) is 5.75 Å². The fraction of sp³-hybridized carbons (Fsp3) is 0.333. The highest BCUT2D eigenvalue weighted by atomic mass is 32.2. The monoisotopic (exact) mass is 304 g/mol. The molecule has 0 unspecified atom stereocenters. The molecule has 0 aliphatic rings. The molecule has 0 spiro atoms. The van der Waals surface area contributed by atoms with Crippen molar-refractivity contribution >= 4 is 29.3 Å². The molecule has 110 valence electrons. The molecule has 0 saturated carbocycles. The van der Waals surface area contributed by atoms with Crippen LogP contribution in [0.2, 0.25) is 0 Å². The molecule has 2 amide bonds. The van der Waals surface area contributed by atoms with E-state index in [1.807, 2.05) is 0 Å². The number of anilines is 1. The zero-order valence-electron chi connectivity index (χ0n) is 10.5. The van der Waals surface area contributed by atoms with E-state index in [0.717, 1.165) is 0 Å². The first-order chi connectivity index (χ1) is 9.47. The van der Waals surface area contributed by atoms with Gasteiger partial charge in [0.2, 0.25) is 11.8 Å². The van der Waals surface area contributed by atoms with E-state index in [9.17, 15) is 18.4 Å². The van der Waals surface area contributed by atoms with Crippen molar-refractivity contribution in [2.24, 2.45) is 5.73 Å². The molecular weight excluding hydrogens is 290 g/mol. The Kier molecular flexibility index (Phi) is 6.78. The fourth-order valence-corrected chi connectivity index (χ4v) is 1.96. The number of carbonyl (C=O) groups excluding carboxylic acids is 2. The van der Waals surface area contributed by atoms with E-state index >= 15 is 0 Å². The quantitative estimate of drug-likeness (QED) is 0.718. The molecule has 0 aliphatic carbocycles. The molecule has 0 saturated heterocycles. The van der Waals surface area contributed by atoms with E-state index in [0.29, 0.717) is 11.4 Å². The summed E-state index contributed by atoms with van der Waals surface area (Å²) < 4.78 is 28.1. The normalized spacial score (nSPS) is 10.3. The van der Waals surface area contributed by atoms with Crippen LogP contribution in [0.1, 0.15) is 6.42 Å². The highest BCUT2D eigenvalue weighted by molar-refractivity contribution is 7.99. The van der Waals surface area contributed by atoms with Crippen LogP contribution in [0.15, 0.2) is 24.3 Å². The van der Waals surface area contributed by atoms with Gasteiger partial charge in [0, 0.05) is 17.9 Å². The van der Waals surface area contributed by atoms with E-state index < -0.39 is 12.5 Å². The number of halogens is 2. The zero-order chi connectivity index (χ0) is 15.0. The summed E-state index contributed by atoms with van der Waals surface area (Å²) in [7, 11) is 0. The van der Waals surface area contributed by atoms with Crippen LogP contribution >= 0.6 is 11.8 Å². The highest BCUT2D eigenvalue weighted by Crippen LogP contribution is 2.17. The van der Waals surface area contributed by atoms with Gasteiger partial charge in [-0.05, 0) is 24.3 Å². The number of ether oxygens (including phenoxy) is 1. The maximum Gasteiger partial charge on any atom is 0.387 e. The Labute approximate surface area is 118 Å². The molecule has 3 N–H and O–H groups in total. The first kappa shape index (κ1) is 16.2. The Balaban J connectivity index is 2.32. The van der Waals surface area contributed by atoms with E-state index in [-0.39, 0.29) is 23.8 Å². The molecule has 1 aromatic rings. The summed E-state index contributed by atoms with van der Waals surface area (Å²) in [5.41, 5.74) is 5.44. The molecule has 0 atom stereocenters. The van der Waals surface area contributed by atoms with Gasteiger partial charge in [0.15, 0.2) is 0 Å². The summed E-state index contributed by atoms with van der Waals surface area (Å²) in [5.74, 6) is 0.0124. The van der Waals surface area contributed by atoms with Crippen molar-refractivity contribution in [3.8, 4) is 5.75 Å². The number of amides is 2. The molecule has 1 aromatic carbocycles. The van der Waals surface area contributed by atoms with Crippen molar-refractivity contribution < 1.29 is 23.1 Å². The number of rotatable bonds is 8. The average Bonchev–Trinajstić information content (AvgIpc) is 2.36. The third kappa shape index (κ3) is 6.93. The molecule has 1 rings (SSSR count). The van der Waals surface area contributed by atoms with Gasteiger partial charge in [-0.2, -0.15) is 20.5 Å². The summed E-state index contributed by atoms with van der Waals surface area (Å²) in [4.78, 5) is 22.0. The van der Waals surface area contributed by atoms with Crippen molar-refractivity contribution in [2.75, 3.05) is 16.8 Å². The van der Waals surface area contributed by atoms with Crippen LogP contribution < -0.4 is 15.8 Å². The number of hydrogen-bond acceptors (Lipinski definition) is 4. The van der Waals surface area contributed by atoms with Crippen LogP contribution in [-0.2, 0) is 9.59 Å². The van der Waals surface area contributed by atoms with Gasteiger partial charge in [-0.25, -0.2) is 0 Å². The lowest BCUT2D eigenvalue weighted by Crippen LogP contribution is -2.15. The van der Waals surface area contributed by atoms with Gasteiger partial charge in [-0.15, -0.1) is 0 Å². The van der Waals surface area contributed by atoms with Crippen LogP contribution in [0.4, 0.5) is 14.5 Å².